The van der Waals surface area contributed by atoms with E-state index in [-0.39, 0.29) is 28.4 Å². The lowest BCUT2D eigenvalue weighted by molar-refractivity contribution is -0.130. The fourth-order valence-corrected chi connectivity index (χ4v) is 12.6. The second-order valence-corrected chi connectivity index (χ2v) is 35.0. The van der Waals surface area contributed by atoms with Gasteiger partial charge in [-0.1, -0.05) is 74.2 Å². The number of aryl methyl sites for hydroxylation is 2. The molecule has 0 aliphatic rings. The van der Waals surface area contributed by atoms with E-state index >= 15 is 0 Å². The maximum Gasteiger partial charge on any atom is 0.267 e. The highest BCUT2D eigenvalue weighted by atomic mass is 32.2. The number of hydrogen-bond acceptors (Lipinski definition) is 14. The Labute approximate surface area is 473 Å². The van der Waals surface area contributed by atoms with Crippen LogP contribution >= 0.6 is 0 Å². The molecule has 0 fully saturated rings. The normalized spacial score (nSPS) is 11.7. The number of nitrogens with one attached hydrogen (secondary N) is 5. The SMILES string of the molecule is C[Si](C)(O)Cc1ccc(CC(=O)CCCCCCC(=O)NO)cc1.C[Si](C)(O)c1ccc(NS(=O)(=O)c2cccc(/C=C/C(=O)NO)c2)cc1.Cn1c(CCCCCCC(=O)NO)nc2cc(NC(=O)CCC[Si](C)(C)O)ccc21. The van der Waals surface area contributed by atoms with E-state index in [4.69, 9.17) is 20.6 Å². The van der Waals surface area contributed by atoms with Crippen molar-refractivity contribution in [3.8, 4) is 0 Å². The molecule has 1 aromatic heterocycles. The Bertz CT molecular complexity index is 2920. The number of hydrogen-bond donors (Lipinski definition) is 11. The number of Topliss-reactive ketones (excluding diaryl/α,β-unsaturated/α-hetero) is 1. The number of fused-ring (bicyclic) bond motifs is 1. The van der Waals surface area contributed by atoms with Crippen LogP contribution < -0.4 is 31.7 Å². The zero-order valence-electron chi connectivity index (χ0n) is 47.2. The number of hydroxylamine groups is 3. The summed E-state index contributed by atoms with van der Waals surface area (Å²) in [6.07, 6.45) is 13.1. The summed E-state index contributed by atoms with van der Waals surface area (Å²) in [5, 5.41) is 29.0. The fraction of sp³-hybridized carbons (Fsp3) is 0.429. The Balaban J connectivity index is 0.000000317. The minimum Gasteiger partial charge on any atom is -0.432 e. The van der Waals surface area contributed by atoms with Crippen LogP contribution in [0, 0.1) is 0 Å². The molecule has 24 heteroatoms. The number of anilines is 2. The lowest BCUT2D eigenvalue weighted by Crippen LogP contribution is -2.41. The molecule has 0 unspecified atom stereocenters. The monoisotopic (exact) mass is 1180 g/mol. The summed E-state index contributed by atoms with van der Waals surface area (Å²) in [6, 6.07) is 27.8. The van der Waals surface area contributed by atoms with Gasteiger partial charge >= 0.3 is 0 Å². The summed E-state index contributed by atoms with van der Waals surface area (Å²) in [4.78, 5) is 91.6. The van der Waals surface area contributed by atoms with Gasteiger partial charge < -0.3 is 24.3 Å². The Morgan fingerprint density at radius 2 is 1.18 bits per heavy atom. The molecule has 5 rings (SSSR count). The maximum atomic E-state index is 12.5. The van der Waals surface area contributed by atoms with Crippen molar-refractivity contribution >= 4 is 98.1 Å². The predicted molar refractivity (Wildman–Crippen MR) is 318 cm³/mol. The van der Waals surface area contributed by atoms with Gasteiger partial charge in [-0.05, 0) is 154 Å². The van der Waals surface area contributed by atoms with E-state index in [9.17, 15) is 46.8 Å². The number of rotatable bonds is 29. The van der Waals surface area contributed by atoms with Crippen LogP contribution in [0.2, 0.25) is 45.3 Å². The van der Waals surface area contributed by atoms with E-state index in [0.29, 0.717) is 49.8 Å². The minimum atomic E-state index is -3.81. The molecule has 5 aromatic rings. The molecule has 0 atom stereocenters. The summed E-state index contributed by atoms with van der Waals surface area (Å²) >= 11 is 0. The van der Waals surface area contributed by atoms with Gasteiger partial charge in [0.2, 0.25) is 26.0 Å². The smallest absolute Gasteiger partial charge is 0.267 e. The molecule has 0 saturated carbocycles. The van der Waals surface area contributed by atoms with Gasteiger partial charge in [0.15, 0.2) is 16.6 Å². The largest absolute Gasteiger partial charge is 0.432 e. The van der Waals surface area contributed by atoms with Crippen molar-refractivity contribution in [1.29, 1.82) is 0 Å². The summed E-state index contributed by atoms with van der Waals surface area (Å²) < 4.78 is 29.6. The minimum absolute atomic E-state index is 0.0324. The predicted octanol–water partition coefficient (Wildman–Crippen LogP) is 7.82. The number of sulfonamides is 1. The summed E-state index contributed by atoms with van der Waals surface area (Å²) in [7, 11) is -8.46. The van der Waals surface area contributed by atoms with Crippen molar-refractivity contribution < 1.29 is 62.4 Å². The second-order valence-electron chi connectivity index (χ2n) is 21.5. The molecular weight excluding hydrogens is 1090 g/mol. The standard InChI is InChI=1S/C21H34N4O4Si.C18H29NO4Si.C17H20N2O5SSi/c1-25-18-13-12-16(22-20(26)11-8-14-30(2,3)29)15-17(18)23-19(25)9-6-4-5-7-10-21(27)24-28;1-24(2,23)14-16-11-9-15(10-12-16)13-17(20)7-5-3-4-6-8-18(21)19-22;1-26(2,24)16-9-7-14(8-10-16)19-25(22,23)15-5-3-4-13(12-15)6-11-17(20)18-21/h12-13,15,28-29H,4-11,14H2,1-3H3,(H,22,26)(H,24,27);9-12,22-23H,3-8,13-14H2,1-2H3,(H,19,21);3-12,19,21,24H,1-2H3,(H,18,20)/b;;11-6+. The average molecular weight is 1180 g/mol. The Hall–Kier alpha value is -6.20. The number of amides is 4. The highest BCUT2D eigenvalue weighted by Gasteiger charge is 2.22. The van der Waals surface area contributed by atoms with Crippen molar-refractivity contribution in [3.05, 3.63) is 120 Å². The quantitative estimate of drug-likeness (QED) is 0.00715. The number of benzene rings is 4. The highest BCUT2D eigenvalue weighted by Crippen LogP contribution is 2.23. The van der Waals surface area contributed by atoms with Crippen LogP contribution in [0.4, 0.5) is 11.4 Å². The molecule has 0 radical (unpaired) electrons. The number of ketones is 1. The van der Waals surface area contributed by atoms with Crippen LogP contribution in [0.1, 0.15) is 106 Å². The summed E-state index contributed by atoms with van der Waals surface area (Å²) in [6.45, 7) is 11.2. The van der Waals surface area contributed by atoms with Gasteiger partial charge in [0.1, 0.15) is 11.6 Å². The molecule has 4 aromatic carbocycles. The van der Waals surface area contributed by atoms with E-state index in [1.165, 1.54) is 23.7 Å². The molecule has 0 aliphatic carbocycles. The van der Waals surface area contributed by atoms with Gasteiger partial charge in [-0.3, -0.25) is 44.3 Å². The van der Waals surface area contributed by atoms with Crippen LogP contribution in [-0.2, 0) is 59.9 Å². The Morgan fingerprint density at radius 3 is 1.74 bits per heavy atom. The molecule has 0 aliphatic heterocycles. The average Bonchev–Trinajstić information content (AvgIpc) is 3.70. The molecule has 0 bridgehead atoms. The van der Waals surface area contributed by atoms with Gasteiger partial charge in [-0.2, -0.15) is 0 Å². The topological polar surface area (TPSA) is 319 Å². The van der Waals surface area contributed by atoms with Crippen molar-refractivity contribution in [2.75, 3.05) is 10.0 Å². The first-order valence-electron chi connectivity index (χ1n) is 26.8. The van der Waals surface area contributed by atoms with Gasteiger partial charge in [-0.15, -0.1) is 0 Å². The molecule has 1 heterocycles. The first-order valence-corrected chi connectivity index (χ1v) is 37.6. The molecule has 4 amide bonds. The number of carbonyl (C=O) groups excluding carboxylic acids is 5. The van der Waals surface area contributed by atoms with Crippen molar-refractivity contribution in [3.63, 3.8) is 0 Å². The molecule has 438 valence electrons. The highest BCUT2D eigenvalue weighted by molar-refractivity contribution is 7.92. The third-order valence-corrected chi connectivity index (χ3v) is 18.4. The molecule has 0 spiro atoms. The zero-order chi connectivity index (χ0) is 59.5. The molecule has 20 nitrogen and oxygen atoms in total. The number of aromatic nitrogens is 2. The molecular formula is C56H83N7O13SSi3. The van der Waals surface area contributed by atoms with Crippen LogP contribution in [0.3, 0.4) is 0 Å². The van der Waals surface area contributed by atoms with E-state index < -0.39 is 40.9 Å². The van der Waals surface area contributed by atoms with Gasteiger partial charge in [0, 0.05) is 63.0 Å². The number of unbranched alkanes of at least 4 members (excludes halogenated alkanes) is 6. The lowest BCUT2D eigenvalue weighted by Gasteiger charge is -2.15. The van der Waals surface area contributed by atoms with Crippen molar-refractivity contribution in [2.45, 2.75) is 153 Å². The fourth-order valence-electron chi connectivity index (χ4n) is 8.20. The molecule has 0 saturated heterocycles. The van der Waals surface area contributed by atoms with E-state index in [1.54, 1.807) is 60.5 Å². The van der Waals surface area contributed by atoms with Crippen molar-refractivity contribution in [2.24, 2.45) is 7.05 Å². The van der Waals surface area contributed by atoms with E-state index in [1.807, 2.05) is 75.7 Å². The third-order valence-electron chi connectivity index (χ3n) is 12.5. The summed E-state index contributed by atoms with van der Waals surface area (Å²) in [5.41, 5.74) is 10.3. The second kappa shape index (κ2) is 33.5. The van der Waals surface area contributed by atoms with Gasteiger partial charge in [-0.25, -0.2) is 29.8 Å². The van der Waals surface area contributed by atoms with E-state index in [0.717, 1.165) is 115 Å². The van der Waals surface area contributed by atoms with Crippen LogP contribution in [0.15, 0.2) is 102 Å². The Kier molecular flexibility index (Phi) is 28.5. The third kappa shape index (κ3) is 27.3. The first kappa shape index (κ1) is 68.1. The summed E-state index contributed by atoms with van der Waals surface area (Å²) in [5.74, 6) is -0.232. The molecule has 80 heavy (non-hydrogen) atoms. The zero-order valence-corrected chi connectivity index (χ0v) is 51.0. The van der Waals surface area contributed by atoms with Crippen molar-refractivity contribution in [1.82, 2.24) is 26.0 Å². The Morgan fingerprint density at radius 1 is 0.613 bits per heavy atom. The number of nitrogens with zero attached hydrogens (tertiary/aromatic N) is 2. The van der Waals surface area contributed by atoms with E-state index in [2.05, 4.69) is 14.6 Å². The first-order chi connectivity index (χ1) is 37.6. The number of carbonyl (C=O) groups is 5. The van der Waals surface area contributed by atoms with Crippen LogP contribution in [-0.4, -0.2) is 102 Å². The molecule has 11 N–H and O–H groups in total. The number of imidazole rings is 1. The van der Waals surface area contributed by atoms with Gasteiger partial charge in [0.25, 0.3) is 15.9 Å². The van der Waals surface area contributed by atoms with Crippen LogP contribution in [0.25, 0.3) is 17.1 Å². The van der Waals surface area contributed by atoms with Crippen LogP contribution in [0.5, 0.6) is 0 Å². The van der Waals surface area contributed by atoms with Gasteiger partial charge in [0.05, 0.1) is 15.9 Å². The maximum absolute atomic E-state index is 12.5. The lowest BCUT2D eigenvalue weighted by atomic mass is 10.0.